The number of ether oxygens (including phenoxy) is 2. The number of alkyl halides is 2. The molecule has 1 fully saturated rings. The van der Waals surface area contributed by atoms with Crippen molar-refractivity contribution in [2.45, 2.75) is 32.9 Å². The van der Waals surface area contributed by atoms with E-state index in [4.69, 9.17) is 16.3 Å². The van der Waals surface area contributed by atoms with Crippen molar-refractivity contribution in [3.63, 3.8) is 0 Å². The first-order chi connectivity index (χ1) is 12.1. The Balaban J connectivity index is 1.88. The molecule has 1 aliphatic rings. The molecular formula is C17H24ClF2N3O2. The Bertz CT molecular complexity index is 569. The van der Waals surface area contributed by atoms with Crippen LogP contribution in [0, 0.1) is 5.92 Å². The van der Waals surface area contributed by atoms with E-state index in [-0.39, 0.29) is 12.3 Å². The highest BCUT2D eigenvalue weighted by atomic mass is 35.5. The summed E-state index contributed by atoms with van der Waals surface area (Å²) >= 11 is 5.94. The second kappa shape index (κ2) is 10.4. The molecule has 2 N–H and O–H groups in total. The van der Waals surface area contributed by atoms with Gasteiger partial charge in [-0.1, -0.05) is 11.6 Å². The summed E-state index contributed by atoms with van der Waals surface area (Å²) in [6, 6.07) is 4.50. The van der Waals surface area contributed by atoms with Gasteiger partial charge < -0.3 is 20.1 Å². The van der Waals surface area contributed by atoms with Gasteiger partial charge >= 0.3 is 6.61 Å². The molecule has 1 aliphatic carbocycles. The zero-order chi connectivity index (χ0) is 18.1. The standard InChI is InChI=1S/C17H24ClF2N3O2/c1-2-21-17(22-7-8-24-11-12-3-4-12)23-10-13-9-14(18)5-6-15(13)25-16(19)20/h5-6,9,12,16H,2-4,7-8,10-11H2,1H3,(H2,21,22,23). The molecule has 0 saturated heterocycles. The first-order valence-electron chi connectivity index (χ1n) is 8.41. The predicted octanol–water partition coefficient (Wildman–Crippen LogP) is 3.42. The smallest absolute Gasteiger partial charge is 0.387 e. The van der Waals surface area contributed by atoms with E-state index < -0.39 is 6.61 Å². The lowest BCUT2D eigenvalue weighted by Gasteiger charge is -2.13. The van der Waals surface area contributed by atoms with E-state index in [0.717, 1.165) is 12.5 Å². The highest BCUT2D eigenvalue weighted by Crippen LogP contribution is 2.28. The van der Waals surface area contributed by atoms with E-state index in [0.29, 0.717) is 36.2 Å². The second-order valence-electron chi connectivity index (χ2n) is 5.77. The Morgan fingerprint density at radius 3 is 2.84 bits per heavy atom. The fourth-order valence-electron chi connectivity index (χ4n) is 2.16. The average Bonchev–Trinajstić information content (AvgIpc) is 3.38. The monoisotopic (exact) mass is 375 g/mol. The molecule has 2 rings (SSSR count). The predicted molar refractivity (Wildman–Crippen MR) is 94.4 cm³/mol. The molecule has 5 nitrogen and oxygen atoms in total. The highest BCUT2D eigenvalue weighted by Gasteiger charge is 2.20. The average molecular weight is 376 g/mol. The summed E-state index contributed by atoms with van der Waals surface area (Å²) in [6.45, 7) is 1.94. The molecule has 0 unspecified atom stereocenters. The van der Waals surface area contributed by atoms with Crippen LogP contribution < -0.4 is 15.4 Å². The molecule has 0 aromatic heterocycles. The quantitative estimate of drug-likeness (QED) is 0.374. The minimum Gasteiger partial charge on any atom is -0.434 e. The second-order valence-corrected chi connectivity index (χ2v) is 6.21. The summed E-state index contributed by atoms with van der Waals surface area (Å²) in [5, 5.41) is 6.70. The molecule has 0 aliphatic heterocycles. The van der Waals surface area contributed by atoms with Gasteiger partial charge in [0.05, 0.1) is 13.2 Å². The summed E-state index contributed by atoms with van der Waals surface area (Å²) in [4.78, 5) is 4.39. The van der Waals surface area contributed by atoms with Crippen LogP contribution in [0.2, 0.25) is 5.02 Å². The van der Waals surface area contributed by atoms with Gasteiger partial charge in [-0.3, -0.25) is 0 Å². The van der Waals surface area contributed by atoms with Crippen LogP contribution in [0.5, 0.6) is 5.75 Å². The molecule has 1 aromatic rings. The normalized spacial score (nSPS) is 14.7. The Morgan fingerprint density at radius 1 is 1.36 bits per heavy atom. The first-order valence-corrected chi connectivity index (χ1v) is 8.79. The van der Waals surface area contributed by atoms with E-state index in [1.807, 2.05) is 6.92 Å². The van der Waals surface area contributed by atoms with Gasteiger partial charge in [0.25, 0.3) is 0 Å². The van der Waals surface area contributed by atoms with Gasteiger partial charge in [0.15, 0.2) is 5.96 Å². The van der Waals surface area contributed by atoms with Crippen molar-refractivity contribution in [1.82, 2.24) is 10.6 Å². The van der Waals surface area contributed by atoms with Gasteiger partial charge in [-0.05, 0) is 43.9 Å². The molecule has 0 atom stereocenters. The largest absolute Gasteiger partial charge is 0.434 e. The van der Waals surface area contributed by atoms with E-state index in [1.54, 1.807) is 6.07 Å². The van der Waals surface area contributed by atoms with Crippen LogP contribution in [0.3, 0.4) is 0 Å². The molecule has 0 amide bonds. The maximum Gasteiger partial charge on any atom is 0.387 e. The van der Waals surface area contributed by atoms with E-state index in [9.17, 15) is 8.78 Å². The van der Waals surface area contributed by atoms with E-state index in [2.05, 4.69) is 20.4 Å². The van der Waals surface area contributed by atoms with Gasteiger partial charge in [-0.15, -0.1) is 0 Å². The summed E-state index contributed by atoms with van der Waals surface area (Å²) in [6.07, 6.45) is 2.53. The number of rotatable bonds is 10. The maximum absolute atomic E-state index is 12.5. The molecule has 0 radical (unpaired) electrons. The molecule has 0 heterocycles. The number of guanidine groups is 1. The molecule has 0 bridgehead atoms. The topological polar surface area (TPSA) is 54.9 Å². The highest BCUT2D eigenvalue weighted by molar-refractivity contribution is 6.30. The Labute approximate surface area is 151 Å². The third-order valence-electron chi connectivity index (χ3n) is 3.58. The summed E-state index contributed by atoms with van der Waals surface area (Å²) in [5.74, 6) is 1.39. The van der Waals surface area contributed by atoms with Gasteiger partial charge in [0.1, 0.15) is 5.75 Å². The summed E-state index contributed by atoms with van der Waals surface area (Å²) in [7, 11) is 0. The zero-order valence-corrected chi connectivity index (χ0v) is 15.0. The van der Waals surface area contributed by atoms with Crippen molar-refractivity contribution in [1.29, 1.82) is 0 Å². The Hall–Kier alpha value is -1.60. The van der Waals surface area contributed by atoms with Gasteiger partial charge in [0, 0.05) is 30.3 Å². The molecule has 25 heavy (non-hydrogen) atoms. The fraction of sp³-hybridized carbons (Fsp3) is 0.588. The lowest BCUT2D eigenvalue weighted by atomic mass is 10.2. The number of benzene rings is 1. The van der Waals surface area contributed by atoms with Crippen molar-refractivity contribution in [2.24, 2.45) is 10.9 Å². The van der Waals surface area contributed by atoms with Crippen molar-refractivity contribution in [3.05, 3.63) is 28.8 Å². The number of nitrogens with one attached hydrogen (secondary N) is 2. The molecule has 8 heteroatoms. The third kappa shape index (κ3) is 7.88. The van der Waals surface area contributed by atoms with E-state index in [1.165, 1.54) is 25.0 Å². The van der Waals surface area contributed by atoms with Crippen LogP contribution >= 0.6 is 11.6 Å². The SMILES string of the molecule is CCNC(=NCc1cc(Cl)ccc1OC(F)F)NCCOCC1CC1. The van der Waals surface area contributed by atoms with Crippen LogP contribution in [-0.4, -0.2) is 38.9 Å². The lowest BCUT2D eigenvalue weighted by Crippen LogP contribution is -2.39. The maximum atomic E-state index is 12.5. The molecule has 1 aromatic carbocycles. The van der Waals surface area contributed by atoms with E-state index >= 15 is 0 Å². The van der Waals surface area contributed by atoms with Gasteiger partial charge in [-0.25, -0.2) is 4.99 Å². The third-order valence-corrected chi connectivity index (χ3v) is 3.81. The summed E-state index contributed by atoms with van der Waals surface area (Å²) < 4.78 is 35.1. The van der Waals surface area contributed by atoms with Crippen LogP contribution in [0.15, 0.2) is 23.2 Å². The van der Waals surface area contributed by atoms with Gasteiger partial charge in [0.2, 0.25) is 0 Å². The van der Waals surface area contributed by atoms with Crippen molar-refractivity contribution in [2.75, 3.05) is 26.3 Å². The number of halogens is 3. The van der Waals surface area contributed by atoms with Crippen molar-refractivity contribution in [3.8, 4) is 5.75 Å². The number of hydrogen-bond donors (Lipinski definition) is 2. The van der Waals surface area contributed by atoms with Gasteiger partial charge in [-0.2, -0.15) is 8.78 Å². The van der Waals surface area contributed by atoms with Crippen molar-refractivity contribution >= 4 is 17.6 Å². The Kier molecular flexibility index (Phi) is 8.21. The number of nitrogens with zero attached hydrogens (tertiary/aromatic N) is 1. The van der Waals surface area contributed by atoms with Crippen LogP contribution in [-0.2, 0) is 11.3 Å². The lowest BCUT2D eigenvalue weighted by molar-refractivity contribution is -0.0504. The molecule has 0 spiro atoms. The minimum absolute atomic E-state index is 0.0757. The number of hydrogen-bond acceptors (Lipinski definition) is 3. The zero-order valence-electron chi connectivity index (χ0n) is 14.2. The number of aliphatic imine (C=N–C) groups is 1. The summed E-state index contributed by atoms with van der Waals surface area (Å²) in [5.41, 5.74) is 0.495. The van der Waals surface area contributed by atoms with Crippen molar-refractivity contribution < 1.29 is 18.3 Å². The fourth-order valence-corrected chi connectivity index (χ4v) is 2.36. The Morgan fingerprint density at radius 2 is 2.16 bits per heavy atom. The first kappa shape index (κ1) is 19.7. The molecule has 140 valence electrons. The molecular weight excluding hydrogens is 352 g/mol. The van der Waals surface area contributed by atoms with Crippen LogP contribution in [0.4, 0.5) is 8.78 Å². The minimum atomic E-state index is -2.89. The van der Waals surface area contributed by atoms with Crippen LogP contribution in [0.1, 0.15) is 25.3 Å². The molecule has 1 saturated carbocycles. The van der Waals surface area contributed by atoms with Crippen LogP contribution in [0.25, 0.3) is 0 Å².